The van der Waals surface area contributed by atoms with E-state index in [1.807, 2.05) is 12.1 Å². The third-order valence-corrected chi connectivity index (χ3v) is 9.91. The van der Waals surface area contributed by atoms with E-state index in [2.05, 4.69) is 20.8 Å². The predicted molar refractivity (Wildman–Crippen MR) is 176 cm³/mol. The number of benzene rings is 2. The number of halogens is 7. The molecule has 51 heavy (non-hydrogen) atoms. The number of hydrogen-bond acceptors (Lipinski definition) is 7. The van der Waals surface area contributed by atoms with Gasteiger partial charge in [0.2, 0.25) is 11.8 Å². The minimum Gasteiger partial charge on any atom is -0.444 e. The number of piperazine rings is 1. The standard InChI is InChI=1S/C34H40BrF6N5O5/c35-27-6-4-22(5-7-27)15-24-19-45(32(49)51-21-23-16-25(33(36,37)38)18-26(17-23)34(39,40)41)29-20-44(10-9-43-11-13-50-14-12-43)31(48)28(3-1-2-8-42)46(29)30(24)47/h4-7,16-18,24,28-29H,1-3,8-15,19-21,42H2/t24-,28-,29+/m0/s1. The van der Waals surface area contributed by atoms with Crippen molar-refractivity contribution in [2.75, 3.05) is 59.0 Å². The van der Waals surface area contributed by atoms with Crippen LogP contribution < -0.4 is 5.73 Å². The van der Waals surface area contributed by atoms with Crippen LogP contribution in [0.5, 0.6) is 0 Å². The van der Waals surface area contributed by atoms with E-state index in [0.29, 0.717) is 70.9 Å². The fraction of sp³-hybridized carbons (Fsp3) is 0.559. The van der Waals surface area contributed by atoms with Crippen LogP contribution in [0.4, 0.5) is 31.1 Å². The predicted octanol–water partition coefficient (Wildman–Crippen LogP) is 5.12. The minimum absolute atomic E-state index is 0.00150. The number of carbonyl (C=O) groups is 3. The summed E-state index contributed by atoms with van der Waals surface area (Å²) >= 11 is 3.38. The van der Waals surface area contributed by atoms with Gasteiger partial charge in [0.15, 0.2) is 0 Å². The van der Waals surface area contributed by atoms with Crippen molar-refractivity contribution < 1.29 is 50.2 Å². The molecule has 3 aliphatic heterocycles. The molecule has 0 aliphatic carbocycles. The molecule has 0 saturated carbocycles. The average Bonchev–Trinajstić information content (AvgIpc) is 3.09. The van der Waals surface area contributed by atoms with Crippen molar-refractivity contribution in [1.82, 2.24) is 19.6 Å². The molecule has 2 N–H and O–H groups in total. The van der Waals surface area contributed by atoms with Crippen LogP contribution in [-0.2, 0) is 44.4 Å². The number of carbonyl (C=O) groups excluding carboxylic acids is 3. The Balaban J connectivity index is 1.45. The van der Waals surface area contributed by atoms with Gasteiger partial charge in [-0.3, -0.25) is 19.4 Å². The highest BCUT2D eigenvalue weighted by Crippen LogP contribution is 2.37. The lowest BCUT2D eigenvalue weighted by Crippen LogP contribution is -2.73. The Morgan fingerprint density at radius 3 is 2.14 bits per heavy atom. The maximum Gasteiger partial charge on any atom is 0.416 e. The molecule has 3 fully saturated rings. The molecular weight excluding hydrogens is 752 g/mol. The van der Waals surface area contributed by atoms with Gasteiger partial charge in [-0.15, -0.1) is 0 Å². The smallest absolute Gasteiger partial charge is 0.416 e. The Hall–Kier alpha value is -3.41. The highest BCUT2D eigenvalue weighted by atomic mass is 79.9. The molecule has 280 valence electrons. The van der Waals surface area contributed by atoms with E-state index in [1.54, 1.807) is 17.0 Å². The summed E-state index contributed by atoms with van der Waals surface area (Å²) in [5.41, 5.74) is 2.94. The molecule has 0 bridgehead atoms. The van der Waals surface area contributed by atoms with Gasteiger partial charge in [0.05, 0.1) is 36.8 Å². The molecule has 2 aromatic rings. The van der Waals surface area contributed by atoms with Gasteiger partial charge in [0, 0.05) is 37.2 Å². The number of ether oxygens (including phenoxy) is 2. The zero-order valence-corrected chi connectivity index (χ0v) is 29.3. The average molecular weight is 793 g/mol. The molecule has 10 nitrogen and oxygen atoms in total. The molecule has 0 aromatic heterocycles. The van der Waals surface area contributed by atoms with Gasteiger partial charge in [0.25, 0.3) is 0 Å². The Labute approximate surface area is 299 Å². The lowest BCUT2D eigenvalue weighted by Gasteiger charge is -2.53. The quantitative estimate of drug-likeness (QED) is 0.249. The third kappa shape index (κ3) is 9.73. The third-order valence-electron chi connectivity index (χ3n) is 9.38. The van der Waals surface area contributed by atoms with Crippen molar-refractivity contribution in [3.05, 3.63) is 69.2 Å². The first-order valence-corrected chi connectivity index (χ1v) is 17.5. The van der Waals surface area contributed by atoms with E-state index >= 15 is 0 Å². The van der Waals surface area contributed by atoms with Crippen molar-refractivity contribution in [3.8, 4) is 0 Å². The van der Waals surface area contributed by atoms with Crippen molar-refractivity contribution >= 4 is 33.8 Å². The summed E-state index contributed by atoms with van der Waals surface area (Å²) in [6, 6.07) is 7.31. The van der Waals surface area contributed by atoms with Crippen molar-refractivity contribution in [2.45, 2.75) is 56.9 Å². The summed E-state index contributed by atoms with van der Waals surface area (Å²) in [6.45, 7) is 2.58. The molecule has 3 saturated heterocycles. The second-order valence-electron chi connectivity index (χ2n) is 12.9. The monoisotopic (exact) mass is 791 g/mol. The highest BCUT2D eigenvalue weighted by molar-refractivity contribution is 9.10. The van der Waals surface area contributed by atoms with Crippen LogP contribution in [0.15, 0.2) is 46.9 Å². The van der Waals surface area contributed by atoms with Gasteiger partial charge in [0.1, 0.15) is 18.8 Å². The Morgan fingerprint density at radius 2 is 1.53 bits per heavy atom. The number of alkyl halides is 6. The fourth-order valence-corrected chi connectivity index (χ4v) is 6.99. The van der Waals surface area contributed by atoms with E-state index < -0.39 is 59.9 Å². The molecule has 3 atom stereocenters. The highest BCUT2D eigenvalue weighted by Gasteiger charge is 2.52. The molecule has 0 unspecified atom stereocenters. The summed E-state index contributed by atoms with van der Waals surface area (Å²) in [6.07, 6.45) is -10.6. The molecule has 3 amide bonds. The van der Waals surface area contributed by atoms with E-state index in [4.69, 9.17) is 15.2 Å². The van der Waals surface area contributed by atoms with Gasteiger partial charge in [-0.05, 0) is 73.7 Å². The van der Waals surface area contributed by atoms with Crippen LogP contribution in [0.1, 0.15) is 41.5 Å². The normalized spacial score (nSPS) is 22.0. The summed E-state index contributed by atoms with van der Waals surface area (Å²) in [4.78, 5) is 48.6. The molecule has 17 heteroatoms. The van der Waals surface area contributed by atoms with E-state index in [-0.39, 0.29) is 43.8 Å². The summed E-state index contributed by atoms with van der Waals surface area (Å²) < 4.78 is 92.8. The lowest BCUT2D eigenvalue weighted by molar-refractivity contribution is -0.173. The number of nitrogens with zero attached hydrogens (tertiary/aromatic N) is 4. The maximum absolute atomic E-state index is 14.2. The molecular formula is C34H40BrF6N5O5. The van der Waals surface area contributed by atoms with E-state index in [1.165, 1.54) is 9.80 Å². The molecule has 5 rings (SSSR count). The van der Waals surface area contributed by atoms with Gasteiger partial charge in [-0.25, -0.2) is 4.79 Å². The number of nitrogens with two attached hydrogens (primary N) is 1. The topological polar surface area (TPSA) is 109 Å². The minimum atomic E-state index is -5.08. The number of hydrogen-bond donors (Lipinski definition) is 1. The molecule has 2 aromatic carbocycles. The molecule has 0 radical (unpaired) electrons. The summed E-state index contributed by atoms with van der Waals surface area (Å²) in [7, 11) is 0. The zero-order chi connectivity index (χ0) is 36.9. The lowest BCUT2D eigenvalue weighted by atomic mass is 9.91. The van der Waals surface area contributed by atoms with Gasteiger partial charge >= 0.3 is 18.4 Å². The van der Waals surface area contributed by atoms with Crippen LogP contribution >= 0.6 is 15.9 Å². The van der Waals surface area contributed by atoms with Crippen LogP contribution in [-0.4, -0.2) is 109 Å². The van der Waals surface area contributed by atoms with Gasteiger partial charge < -0.3 is 25.0 Å². The van der Waals surface area contributed by atoms with E-state index in [9.17, 15) is 40.7 Å². The SMILES string of the molecule is NCCCC[C@H]1C(=O)N(CCN2CCOCC2)C[C@@H]2N(C(=O)OCc3cc(C(F)(F)F)cc(C(F)(F)F)c3)C[C@H](Cc3ccc(Br)cc3)C(=O)N21. The Kier molecular flexibility index (Phi) is 12.6. The Morgan fingerprint density at radius 1 is 0.882 bits per heavy atom. The van der Waals surface area contributed by atoms with Crippen molar-refractivity contribution in [1.29, 1.82) is 0 Å². The number of unbranched alkanes of at least 4 members (excludes halogenated alkanes) is 1. The fourth-order valence-electron chi connectivity index (χ4n) is 6.73. The number of morpholine rings is 1. The number of rotatable bonds is 11. The van der Waals surface area contributed by atoms with Crippen LogP contribution in [0.25, 0.3) is 0 Å². The van der Waals surface area contributed by atoms with E-state index in [0.717, 1.165) is 10.0 Å². The van der Waals surface area contributed by atoms with Crippen LogP contribution in [0.2, 0.25) is 0 Å². The second-order valence-corrected chi connectivity index (χ2v) is 13.8. The molecule has 0 spiro atoms. The zero-order valence-electron chi connectivity index (χ0n) is 27.7. The first-order valence-electron chi connectivity index (χ1n) is 16.7. The summed E-state index contributed by atoms with van der Waals surface area (Å²) in [5.74, 6) is -1.42. The van der Waals surface area contributed by atoms with Crippen LogP contribution in [0, 0.1) is 5.92 Å². The Bertz CT molecular complexity index is 1510. The first-order chi connectivity index (χ1) is 24.2. The maximum atomic E-state index is 14.2. The largest absolute Gasteiger partial charge is 0.444 e. The van der Waals surface area contributed by atoms with Crippen molar-refractivity contribution in [2.24, 2.45) is 11.7 Å². The first kappa shape index (κ1) is 38.8. The summed E-state index contributed by atoms with van der Waals surface area (Å²) in [5, 5.41) is 0. The van der Waals surface area contributed by atoms with Gasteiger partial charge in [-0.1, -0.05) is 28.1 Å². The number of amides is 3. The number of fused-ring (bicyclic) bond motifs is 1. The molecule has 3 heterocycles. The van der Waals surface area contributed by atoms with Gasteiger partial charge in [-0.2, -0.15) is 26.3 Å². The second kappa shape index (κ2) is 16.5. The van der Waals surface area contributed by atoms with Crippen LogP contribution in [0.3, 0.4) is 0 Å². The molecule has 3 aliphatic rings. The van der Waals surface area contributed by atoms with Crippen molar-refractivity contribution in [3.63, 3.8) is 0 Å².